The highest BCUT2D eigenvalue weighted by Gasteiger charge is 2.29. The third-order valence-corrected chi connectivity index (χ3v) is 4.48. The molecule has 8 heteroatoms. The lowest BCUT2D eigenvalue weighted by Crippen LogP contribution is -2.45. The van der Waals surface area contributed by atoms with Gasteiger partial charge in [-0.15, -0.1) is 5.10 Å². The molecule has 0 bridgehead atoms. The molecule has 2 heterocycles. The molecule has 0 aromatic carbocycles. The summed E-state index contributed by atoms with van der Waals surface area (Å²) in [6.07, 6.45) is 5.66. The molecule has 7 nitrogen and oxygen atoms in total. The van der Waals surface area contributed by atoms with Gasteiger partial charge in [-0.05, 0) is 12.8 Å². The number of hydrogen-bond acceptors (Lipinski definition) is 5. The highest BCUT2D eigenvalue weighted by Crippen LogP contribution is 2.20. The van der Waals surface area contributed by atoms with E-state index < -0.39 is 10.0 Å². The molecule has 18 heavy (non-hydrogen) atoms. The van der Waals surface area contributed by atoms with Crippen molar-refractivity contribution in [3.05, 3.63) is 11.9 Å². The monoisotopic (exact) mass is 274 g/mol. The summed E-state index contributed by atoms with van der Waals surface area (Å²) in [5.74, 6) is 0. The van der Waals surface area contributed by atoms with Crippen molar-refractivity contribution in [1.29, 1.82) is 0 Å². The predicted octanol–water partition coefficient (Wildman–Crippen LogP) is -0.416. The minimum Gasteiger partial charge on any atom is -0.390 e. The Hall–Kier alpha value is -0.990. The van der Waals surface area contributed by atoms with Crippen molar-refractivity contribution < 1.29 is 13.5 Å². The van der Waals surface area contributed by atoms with Gasteiger partial charge in [0.05, 0.1) is 25.6 Å². The number of aliphatic hydroxyl groups excluding tert-OH is 1. The number of aliphatic hydroxyl groups is 1. The first-order valence-corrected chi connectivity index (χ1v) is 7.82. The second-order valence-corrected chi connectivity index (χ2v) is 6.55. The van der Waals surface area contributed by atoms with E-state index in [2.05, 4.69) is 10.3 Å². The summed E-state index contributed by atoms with van der Waals surface area (Å²) in [6, 6.07) is -0.0676. The second-order valence-electron chi connectivity index (χ2n) is 4.61. The third kappa shape index (κ3) is 3.06. The lowest BCUT2D eigenvalue weighted by Gasteiger charge is -2.33. The zero-order valence-corrected chi connectivity index (χ0v) is 11.2. The molecule has 1 fully saturated rings. The van der Waals surface area contributed by atoms with Crippen molar-refractivity contribution in [2.75, 3.05) is 12.8 Å². The Morgan fingerprint density at radius 3 is 2.89 bits per heavy atom. The lowest BCUT2D eigenvalue weighted by atomic mass is 10.1. The van der Waals surface area contributed by atoms with Crippen molar-refractivity contribution in [1.82, 2.24) is 19.3 Å². The molecular weight excluding hydrogens is 256 g/mol. The molecule has 1 aliphatic rings. The molecule has 0 spiro atoms. The molecule has 2 rings (SSSR count). The average molecular weight is 274 g/mol. The van der Waals surface area contributed by atoms with Gasteiger partial charge < -0.3 is 5.11 Å². The fraction of sp³-hybridized carbons (Fsp3) is 0.800. The van der Waals surface area contributed by atoms with Crippen LogP contribution in [-0.2, 0) is 23.2 Å². The van der Waals surface area contributed by atoms with Gasteiger partial charge in [-0.25, -0.2) is 8.42 Å². The van der Waals surface area contributed by atoms with E-state index in [0.717, 1.165) is 19.3 Å². The number of piperidine rings is 1. The van der Waals surface area contributed by atoms with E-state index in [0.29, 0.717) is 18.8 Å². The summed E-state index contributed by atoms with van der Waals surface area (Å²) < 4.78 is 26.5. The maximum Gasteiger partial charge on any atom is 0.211 e. The Kier molecular flexibility index (Phi) is 3.98. The fourth-order valence-corrected chi connectivity index (χ4v) is 3.48. The summed E-state index contributed by atoms with van der Waals surface area (Å²) >= 11 is 0. The van der Waals surface area contributed by atoms with Crippen LogP contribution in [0.5, 0.6) is 0 Å². The van der Waals surface area contributed by atoms with E-state index in [9.17, 15) is 8.42 Å². The molecule has 1 N–H and O–H groups in total. The van der Waals surface area contributed by atoms with Crippen LogP contribution in [0.3, 0.4) is 0 Å². The van der Waals surface area contributed by atoms with Crippen molar-refractivity contribution in [3.63, 3.8) is 0 Å². The summed E-state index contributed by atoms with van der Waals surface area (Å²) in [5, 5.41) is 16.6. The molecule has 1 aromatic rings. The molecule has 1 aromatic heterocycles. The highest BCUT2D eigenvalue weighted by atomic mass is 32.2. The Bertz CT molecular complexity index is 499. The summed E-state index contributed by atoms with van der Waals surface area (Å²) in [5.41, 5.74) is 0.497. The first-order valence-electron chi connectivity index (χ1n) is 5.97. The van der Waals surface area contributed by atoms with Crippen LogP contribution in [0.25, 0.3) is 0 Å². The summed E-state index contributed by atoms with van der Waals surface area (Å²) in [4.78, 5) is 0. The van der Waals surface area contributed by atoms with Crippen LogP contribution in [0.15, 0.2) is 6.20 Å². The van der Waals surface area contributed by atoms with Crippen LogP contribution in [0.2, 0.25) is 0 Å². The Labute approximate surface area is 106 Å². The van der Waals surface area contributed by atoms with Crippen LogP contribution in [0.1, 0.15) is 25.0 Å². The molecule has 0 amide bonds. The molecule has 0 saturated carbocycles. The van der Waals surface area contributed by atoms with Gasteiger partial charge in [0.2, 0.25) is 10.0 Å². The number of rotatable bonds is 4. The highest BCUT2D eigenvalue weighted by molar-refractivity contribution is 7.88. The number of hydrogen-bond donors (Lipinski definition) is 1. The predicted molar refractivity (Wildman–Crippen MR) is 65.1 cm³/mol. The molecule has 1 saturated heterocycles. The van der Waals surface area contributed by atoms with Gasteiger partial charge in [-0.3, -0.25) is 4.68 Å². The quantitative estimate of drug-likeness (QED) is 0.806. The molecule has 0 radical (unpaired) electrons. The number of sulfonamides is 1. The largest absolute Gasteiger partial charge is 0.390 e. The standard InChI is InChI=1S/C10H18N4O3S/c1-18(16,17)14-5-3-2-4-10(14)7-13-6-9(8-15)11-12-13/h6,10,15H,2-5,7-8H2,1H3/t10-/m0/s1. The maximum atomic E-state index is 11.7. The first kappa shape index (κ1) is 13.4. The van der Waals surface area contributed by atoms with Gasteiger partial charge in [0, 0.05) is 12.6 Å². The van der Waals surface area contributed by atoms with E-state index in [-0.39, 0.29) is 12.6 Å². The molecule has 0 unspecified atom stereocenters. The Morgan fingerprint density at radius 1 is 1.50 bits per heavy atom. The molecule has 102 valence electrons. The van der Waals surface area contributed by atoms with Gasteiger partial charge in [-0.1, -0.05) is 11.6 Å². The van der Waals surface area contributed by atoms with Crippen molar-refractivity contribution in [3.8, 4) is 0 Å². The van der Waals surface area contributed by atoms with Crippen molar-refractivity contribution in [2.24, 2.45) is 0 Å². The molecule has 1 atom stereocenters. The van der Waals surface area contributed by atoms with Crippen LogP contribution in [-0.4, -0.2) is 51.7 Å². The van der Waals surface area contributed by atoms with Gasteiger partial charge in [0.25, 0.3) is 0 Å². The van der Waals surface area contributed by atoms with Crippen molar-refractivity contribution in [2.45, 2.75) is 38.5 Å². The Morgan fingerprint density at radius 2 is 2.28 bits per heavy atom. The smallest absolute Gasteiger partial charge is 0.211 e. The topological polar surface area (TPSA) is 88.3 Å². The normalized spacial score (nSPS) is 22.2. The third-order valence-electron chi connectivity index (χ3n) is 3.15. The van der Waals surface area contributed by atoms with E-state index >= 15 is 0 Å². The van der Waals surface area contributed by atoms with Gasteiger partial charge in [0.15, 0.2) is 0 Å². The first-order chi connectivity index (χ1) is 8.50. The van der Waals surface area contributed by atoms with Gasteiger partial charge in [0.1, 0.15) is 5.69 Å². The van der Waals surface area contributed by atoms with E-state index in [1.54, 1.807) is 10.9 Å². The van der Waals surface area contributed by atoms with Gasteiger partial charge >= 0.3 is 0 Å². The zero-order valence-electron chi connectivity index (χ0n) is 10.4. The number of aromatic nitrogens is 3. The summed E-state index contributed by atoms with van der Waals surface area (Å²) in [7, 11) is -3.17. The van der Waals surface area contributed by atoms with Crippen LogP contribution in [0, 0.1) is 0 Å². The maximum absolute atomic E-state index is 11.7. The van der Waals surface area contributed by atoms with E-state index in [1.165, 1.54) is 10.6 Å². The van der Waals surface area contributed by atoms with Gasteiger partial charge in [-0.2, -0.15) is 4.31 Å². The van der Waals surface area contributed by atoms with Crippen molar-refractivity contribution >= 4 is 10.0 Å². The van der Waals surface area contributed by atoms with Crippen LogP contribution in [0.4, 0.5) is 0 Å². The summed E-state index contributed by atoms with van der Waals surface area (Å²) in [6.45, 7) is 0.908. The Balaban J connectivity index is 2.10. The number of nitrogens with zero attached hydrogens (tertiary/aromatic N) is 4. The fourth-order valence-electron chi connectivity index (χ4n) is 2.31. The van der Waals surface area contributed by atoms with E-state index in [1.807, 2.05) is 0 Å². The lowest BCUT2D eigenvalue weighted by molar-refractivity contribution is 0.224. The zero-order chi connectivity index (χ0) is 13.2. The molecule has 0 aliphatic carbocycles. The van der Waals surface area contributed by atoms with Crippen LogP contribution < -0.4 is 0 Å². The molecule has 1 aliphatic heterocycles. The van der Waals surface area contributed by atoms with Crippen LogP contribution >= 0.6 is 0 Å². The average Bonchev–Trinajstić information content (AvgIpc) is 2.76. The minimum atomic E-state index is -3.17. The minimum absolute atomic E-state index is 0.0676. The second kappa shape index (κ2) is 5.33. The molecular formula is C10H18N4O3S. The van der Waals surface area contributed by atoms with E-state index in [4.69, 9.17) is 5.11 Å². The SMILES string of the molecule is CS(=O)(=O)N1CCCC[C@H]1Cn1cc(CO)nn1.